The Labute approximate surface area is 222 Å². The molecule has 8 nitrogen and oxygen atoms in total. The van der Waals surface area contributed by atoms with Gasteiger partial charge in [-0.3, -0.25) is 9.59 Å². The number of carbonyl (C=O) groups excluding carboxylic acids is 4. The molecule has 0 radical (unpaired) electrons. The molecule has 0 amide bonds. The summed E-state index contributed by atoms with van der Waals surface area (Å²) in [4.78, 5) is 49.4. The fourth-order valence-electron chi connectivity index (χ4n) is 4.78. The van der Waals surface area contributed by atoms with E-state index in [1.807, 2.05) is 11.8 Å². The summed E-state index contributed by atoms with van der Waals surface area (Å²) in [6.07, 6.45) is 10.7. The highest BCUT2D eigenvalue weighted by Crippen LogP contribution is 2.39. The zero-order valence-corrected chi connectivity index (χ0v) is 24.5. The lowest BCUT2D eigenvalue weighted by molar-refractivity contribution is -0.181. The molecule has 0 atom stereocenters. The molecule has 8 heteroatoms. The molecular weight excluding hydrogens is 476 g/mol. The summed E-state index contributed by atoms with van der Waals surface area (Å²) in [5.74, 6) is 1.18. The van der Waals surface area contributed by atoms with Gasteiger partial charge in [0, 0.05) is 24.7 Å². The molecule has 0 aliphatic heterocycles. The first kappa shape index (κ1) is 34.0. The average Bonchev–Trinajstić information content (AvgIpc) is 2.63. The Kier molecular flexibility index (Phi) is 10.6. The van der Waals surface area contributed by atoms with Crippen molar-refractivity contribution in [3.8, 4) is 24.7 Å². The van der Waals surface area contributed by atoms with Gasteiger partial charge in [-0.2, -0.15) is 0 Å². The van der Waals surface area contributed by atoms with Gasteiger partial charge in [0.15, 0.2) is 0 Å². The van der Waals surface area contributed by atoms with Crippen LogP contribution in [0, 0.1) is 35.5 Å². The number of terminal acetylenes is 2. The second kappa shape index (κ2) is 11.6. The Hall–Kier alpha value is -3.00. The lowest BCUT2D eigenvalue weighted by Gasteiger charge is -2.39. The van der Waals surface area contributed by atoms with Crippen LogP contribution in [0.2, 0.25) is 0 Å². The Balaban J connectivity index is 5.41. The molecule has 0 aromatic rings. The summed E-state index contributed by atoms with van der Waals surface area (Å²) in [5.41, 5.74) is -6.00. The number of rotatable bonds is 12. The van der Waals surface area contributed by atoms with Gasteiger partial charge in [0.05, 0.1) is 10.8 Å². The van der Waals surface area contributed by atoms with E-state index in [0.717, 1.165) is 0 Å². The van der Waals surface area contributed by atoms with Gasteiger partial charge in [-0.25, -0.2) is 9.59 Å². The molecule has 208 valence electrons. The SMILES string of the molecule is C#CC(=O)OC(C)(C)CC(C)(C)OC(=O)C(C)(C)CC(C)(C)C(=O)OC(C)(C)CC(C)(C)OC(=O)C#C. The van der Waals surface area contributed by atoms with Crippen molar-refractivity contribution >= 4 is 23.9 Å². The second-order valence-corrected chi connectivity index (χ2v) is 13.2. The van der Waals surface area contributed by atoms with Crippen molar-refractivity contribution in [2.45, 2.75) is 125 Å². The van der Waals surface area contributed by atoms with Crippen LogP contribution in [0.5, 0.6) is 0 Å². The summed E-state index contributed by atoms with van der Waals surface area (Å²) in [6, 6.07) is 0. The number of esters is 4. The Morgan fingerprint density at radius 1 is 0.486 bits per heavy atom. The lowest BCUT2D eigenvalue weighted by atomic mass is 9.74. The molecule has 0 bridgehead atoms. The van der Waals surface area contributed by atoms with E-state index in [4.69, 9.17) is 31.8 Å². The monoisotopic (exact) mass is 520 g/mol. The molecule has 0 saturated carbocycles. The fraction of sp³-hybridized carbons (Fsp3) is 0.724. The molecule has 0 aromatic heterocycles. The number of hydrogen-bond acceptors (Lipinski definition) is 8. The highest BCUT2D eigenvalue weighted by atomic mass is 16.6. The van der Waals surface area contributed by atoms with Crippen molar-refractivity contribution < 1.29 is 38.1 Å². The van der Waals surface area contributed by atoms with Crippen LogP contribution < -0.4 is 0 Å². The average molecular weight is 521 g/mol. The van der Waals surface area contributed by atoms with Gasteiger partial charge < -0.3 is 18.9 Å². The molecule has 0 saturated heterocycles. The predicted molar refractivity (Wildman–Crippen MR) is 140 cm³/mol. The van der Waals surface area contributed by atoms with Gasteiger partial charge in [0.1, 0.15) is 22.4 Å². The lowest BCUT2D eigenvalue weighted by Crippen LogP contribution is -2.45. The Morgan fingerprint density at radius 2 is 0.730 bits per heavy atom. The minimum absolute atomic E-state index is 0.134. The summed E-state index contributed by atoms with van der Waals surface area (Å²) < 4.78 is 22.1. The summed E-state index contributed by atoms with van der Waals surface area (Å²) in [5, 5.41) is 0. The van der Waals surface area contributed by atoms with E-state index in [0.29, 0.717) is 0 Å². The van der Waals surface area contributed by atoms with Crippen LogP contribution >= 0.6 is 0 Å². The third kappa shape index (κ3) is 12.2. The summed E-state index contributed by atoms with van der Waals surface area (Å²) >= 11 is 0. The van der Waals surface area contributed by atoms with Crippen molar-refractivity contribution in [1.82, 2.24) is 0 Å². The molecule has 0 aliphatic rings. The van der Waals surface area contributed by atoms with E-state index in [-0.39, 0.29) is 19.3 Å². The molecule has 0 aliphatic carbocycles. The van der Waals surface area contributed by atoms with E-state index in [9.17, 15) is 19.2 Å². The third-order valence-corrected chi connectivity index (χ3v) is 5.40. The van der Waals surface area contributed by atoms with E-state index in [1.54, 1.807) is 83.1 Å². The molecule has 0 aromatic carbocycles. The Morgan fingerprint density at radius 3 is 0.973 bits per heavy atom. The van der Waals surface area contributed by atoms with Crippen LogP contribution in [0.4, 0.5) is 0 Å². The first-order valence-electron chi connectivity index (χ1n) is 12.1. The number of ether oxygens (including phenoxy) is 4. The molecule has 0 unspecified atom stereocenters. The van der Waals surface area contributed by atoms with Gasteiger partial charge >= 0.3 is 23.9 Å². The van der Waals surface area contributed by atoms with E-state index in [1.165, 1.54) is 0 Å². The van der Waals surface area contributed by atoms with Crippen LogP contribution in [-0.2, 0) is 38.1 Å². The molecule has 0 fully saturated rings. The van der Waals surface area contributed by atoms with E-state index in [2.05, 4.69) is 0 Å². The molecule has 0 spiro atoms. The van der Waals surface area contributed by atoms with Gasteiger partial charge in [-0.15, -0.1) is 12.8 Å². The summed E-state index contributed by atoms with van der Waals surface area (Å²) in [6.45, 7) is 20.3. The standard InChI is InChI=1S/C29H44O8/c1-15-20(30)34-26(7,8)18-28(11,12)36-22(32)24(3,4)17-25(5,6)23(33)37-29(13,14)19-27(9,10)35-21(31)16-2/h1-2H,17-19H2,3-14H3. The Bertz CT molecular complexity index is 887. The smallest absolute Gasteiger partial charge is 0.384 e. The van der Waals surface area contributed by atoms with Crippen molar-refractivity contribution in [2.24, 2.45) is 10.8 Å². The minimum Gasteiger partial charge on any atom is -0.459 e. The largest absolute Gasteiger partial charge is 0.459 e. The molecule has 0 rings (SSSR count). The van der Waals surface area contributed by atoms with Crippen LogP contribution in [0.1, 0.15) is 102 Å². The van der Waals surface area contributed by atoms with Gasteiger partial charge in [0.25, 0.3) is 0 Å². The molecule has 0 heterocycles. The minimum atomic E-state index is -1.05. The molecule has 37 heavy (non-hydrogen) atoms. The van der Waals surface area contributed by atoms with E-state index >= 15 is 0 Å². The third-order valence-electron chi connectivity index (χ3n) is 5.40. The maximum atomic E-state index is 13.2. The topological polar surface area (TPSA) is 105 Å². The number of hydrogen-bond donors (Lipinski definition) is 0. The van der Waals surface area contributed by atoms with Crippen molar-refractivity contribution in [3.05, 3.63) is 0 Å². The van der Waals surface area contributed by atoms with Gasteiger partial charge in [0.2, 0.25) is 0 Å². The van der Waals surface area contributed by atoms with Crippen molar-refractivity contribution in [1.29, 1.82) is 0 Å². The maximum absolute atomic E-state index is 13.2. The predicted octanol–water partition coefficient (Wildman–Crippen LogP) is 4.76. The fourth-order valence-corrected chi connectivity index (χ4v) is 4.78. The van der Waals surface area contributed by atoms with Crippen molar-refractivity contribution in [3.63, 3.8) is 0 Å². The molecular formula is C29H44O8. The zero-order chi connectivity index (χ0) is 29.7. The first-order chi connectivity index (χ1) is 16.3. The van der Waals surface area contributed by atoms with Crippen LogP contribution in [0.15, 0.2) is 0 Å². The van der Waals surface area contributed by atoms with Gasteiger partial charge in [-0.1, -0.05) is 0 Å². The zero-order valence-electron chi connectivity index (χ0n) is 24.5. The maximum Gasteiger partial charge on any atom is 0.384 e. The highest BCUT2D eigenvalue weighted by molar-refractivity contribution is 5.88. The van der Waals surface area contributed by atoms with Crippen LogP contribution in [0.25, 0.3) is 0 Å². The van der Waals surface area contributed by atoms with E-state index < -0.39 is 57.1 Å². The second-order valence-electron chi connectivity index (χ2n) is 13.2. The van der Waals surface area contributed by atoms with Gasteiger partial charge in [-0.05, 0) is 89.5 Å². The molecule has 0 N–H and O–H groups in total. The normalized spacial score (nSPS) is 13.0. The highest BCUT2D eigenvalue weighted by Gasteiger charge is 2.45. The quantitative estimate of drug-likeness (QED) is 0.157. The van der Waals surface area contributed by atoms with Crippen LogP contribution in [0.3, 0.4) is 0 Å². The van der Waals surface area contributed by atoms with Crippen LogP contribution in [-0.4, -0.2) is 46.3 Å². The first-order valence-corrected chi connectivity index (χ1v) is 12.1. The van der Waals surface area contributed by atoms with Crippen molar-refractivity contribution in [2.75, 3.05) is 0 Å². The summed E-state index contributed by atoms with van der Waals surface area (Å²) in [7, 11) is 0. The number of carbonyl (C=O) groups is 4.